The van der Waals surface area contributed by atoms with Gasteiger partial charge in [-0.1, -0.05) is 42.8 Å². The average Bonchev–Trinajstić information content (AvgIpc) is 3.18. The summed E-state index contributed by atoms with van der Waals surface area (Å²) in [6, 6.07) is 12.1. The molecule has 162 valence electrons. The zero-order valence-electron chi connectivity index (χ0n) is 17.8. The lowest BCUT2D eigenvalue weighted by Crippen LogP contribution is -2.11. The van der Waals surface area contributed by atoms with Gasteiger partial charge in [0.1, 0.15) is 5.82 Å². The fraction of sp³-hybridized carbons (Fsp3) is 0.120. The molecule has 0 amide bonds. The van der Waals surface area contributed by atoms with Crippen molar-refractivity contribution in [1.82, 2.24) is 20.0 Å². The van der Waals surface area contributed by atoms with Gasteiger partial charge >= 0.3 is 0 Å². The van der Waals surface area contributed by atoms with Crippen molar-refractivity contribution in [3.63, 3.8) is 0 Å². The summed E-state index contributed by atoms with van der Waals surface area (Å²) in [5.74, 6) is -0.510. The molecular formula is C25H17ClFN5O. The number of aromatic amines is 1. The zero-order valence-corrected chi connectivity index (χ0v) is 18.5. The van der Waals surface area contributed by atoms with E-state index in [9.17, 15) is 4.79 Å². The minimum Gasteiger partial charge on any atom is -0.268 e. The molecule has 33 heavy (non-hydrogen) atoms. The minimum absolute atomic E-state index is 0.176. The van der Waals surface area contributed by atoms with Crippen LogP contribution in [-0.4, -0.2) is 20.0 Å². The molecule has 0 aliphatic carbocycles. The van der Waals surface area contributed by atoms with Gasteiger partial charge in [-0.05, 0) is 41.0 Å². The molecule has 0 aliphatic rings. The van der Waals surface area contributed by atoms with Crippen LogP contribution in [0.4, 0.5) is 10.1 Å². The minimum atomic E-state index is -0.510. The standard InChI is InChI=1S/C25H17ClFN5O/c1-4-20-16-9-14(10-18(26)21(16)25(33)31-30-20)17-12-29-32(3)24(17)22-19(27)11-13-7-5-6-8-15(13)23(22)28-2/h5-12H,4H2,1,3H3,(H,31,33). The number of hydrogen-bond acceptors (Lipinski definition) is 3. The summed E-state index contributed by atoms with van der Waals surface area (Å²) in [5, 5.41) is 13.6. The van der Waals surface area contributed by atoms with Crippen molar-refractivity contribution < 1.29 is 4.39 Å². The summed E-state index contributed by atoms with van der Waals surface area (Å²) in [6.07, 6.45) is 2.20. The van der Waals surface area contributed by atoms with E-state index < -0.39 is 5.82 Å². The number of nitrogens with one attached hydrogen (secondary N) is 1. The van der Waals surface area contributed by atoms with Crippen LogP contribution >= 0.6 is 11.6 Å². The van der Waals surface area contributed by atoms with Crippen LogP contribution in [0.3, 0.4) is 0 Å². The van der Waals surface area contributed by atoms with Crippen molar-refractivity contribution in [2.45, 2.75) is 13.3 Å². The van der Waals surface area contributed by atoms with Crippen LogP contribution < -0.4 is 5.56 Å². The Morgan fingerprint density at radius 2 is 2.00 bits per heavy atom. The third kappa shape index (κ3) is 3.19. The Kier molecular flexibility index (Phi) is 4.95. The zero-order chi connectivity index (χ0) is 23.3. The molecule has 8 heteroatoms. The molecule has 5 aromatic rings. The molecule has 0 radical (unpaired) electrons. The van der Waals surface area contributed by atoms with Crippen molar-refractivity contribution in [2.24, 2.45) is 7.05 Å². The Morgan fingerprint density at radius 1 is 1.21 bits per heavy atom. The molecule has 0 saturated heterocycles. The summed E-state index contributed by atoms with van der Waals surface area (Å²) in [4.78, 5) is 16.0. The summed E-state index contributed by atoms with van der Waals surface area (Å²) in [6.45, 7) is 9.72. The molecule has 6 nitrogen and oxygen atoms in total. The first-order valence-corrected chi connectivity index (χ1v) is 10.6. The van der Waals surface area contributed by atoms with Crippen molar-refractivity contribution >= 4 is 38.8 Å². The van der Waals surface area contributed by atoms with E-state index in [1.807, 2.05) is 25.1 Å². The highest BCUT2D eigenvalue weighted by Gasteiger charge is 2.23. The van der Waals surface area contributed by atoms with Crippen molar-refractivity contribution in [3.05, 3.63) is 87.0 Å². The number of halogens is 2. The van der Waals surface area contributed by atoms with E-state index >= 15 is 4.39 Å². The Morgan fingerprint density at radius 3 is 2.76 bits per heavy atom. The lowest BCUT2D eigenvalue weighted by molar-refractivity contribution is 0.630. The molecular weight excluding hydrogens is 441 g/mol. The quantitative estimate of drug-likeness (QED) is 0.335. The molecule has 0 aliphatic heterocycles. The van der Waals surface area contributed by atoms with E-state index in [0.717, 1.165) is 0 Å². The highest BCUT2D eigenvalue weighted by atomic mass is 35.5. The van der Waals surface area contributed by atoms with Crippen LogP contribution in [0.15, 0.2) is 53.5 Å². The van der Waals surface area contributed by atoms with Crippen LogP contribution in [0.2, 0.25) is 5.02 Å². The molecule has 0 saturated carbocycles. The molecule has 0 unspecified atom stereocenters. The van der Waals surface area contributed by atoms with Gasteiger partial charge in [0.15, 0.2) is 0 Å². The summed E-state index contributed by atoms with van der Waals surface area (Å²) in [7, 11) is 1.70. The Bertz CT molecular complexity index is 1680. The van der Waals surface area contributed by atoms with E-state index in [2.05, 4.69) is 20.1 Å². The maximum atomic E-state index is 15.4. The average molecular weight is 458 g/mol. The first-order chi connectivity index (χ1) is 15.9. The number of nitrogens with zero attached hydrogens (tertiary/aromatic N) is 4. The summed E-state index contributed by atoms with van der Waals surface area (Å²) >= 11 is 6.52. The Hall–Kier alpha value is -4.02. The second-order valence-corrected chi connectivity index (χ2v) is 8.09. The topological polar surface area (TPSA) is 67.9 Å². The van der Waals surface area contributed by atoms with E-state index in [0.29, 0.717) is 50.5 Å². The monoisotopic (exact) mass is 457 g/mol. The van der Waals surface area contributed by atoms with E-state index in [-0.39, 0.29) is 21.8 Å². The number of rotatable bonds is 3. The van der Waals surface area contributed by atoms with Crippen LogP contribution in [0.5, 0.6) is 0 Å². The first-order valence-electron chi connectivity index (χ1n) is 10.3. The normalized spacial score (nSPS) is 11.2. The van der Waals surface area contributed by atoms with Crippen LogP contribution in [-0.2, 0) is 13.5 Å². The molecule has 0 bridgehead atoms. The van der Waals surface area contributed by atoms with Gasteiger partial charge in [-0.3, -0.25) is 9.48 Å². The number of aromatic nitrogens is 4. The number of benzene rings is 3. The first kappa shape index (κ1) is 20.9. The number of aryl methyl sites for hydroxylation is 2. The molecule has 0 atom stereocenters. The van der Waals surface area contributed by atoms with Crippen LogP contribution in [0, 0.1) is 12.4 Å². The SMILES string of the molecule is [C-]#[N+]c1c(-c2c(-c3cc(Cl)c4c(=O)[nH]nc(CC)c4c3)cnn2C)c(F)cc2ccccc12. The molecule has 1 N–H and O–H groups in total. The molecule has 2 aromatic heterocycles. The smallest absolute Gasteiger partial charge is 0.268 e. The van der Waals surface area contributed by atoms with E-state index in [1.165, 1.54) is 6.07 Å². The maximum absolute atomic E-state index is 15.4. The van der Waals surface area contributed by atoms with E-state index in [1.54, 1.807) is 36.1 Å². The fourth-order valence-electron chi connectivity index (χ4n) is 4.31. The number of fused-ring (bicyclic) bond motifs is 2. The molecule has 2 heterocycles. The van der Waals surface area contributed by atoms with Gasteiger partial charge in [0.2, 0.25) is 5.69 Å². The van der Waals surface area contributed by atoms with Crippen molar-refractivity contribution in [2.75, 3.05) is 0 Å². The second-order valence-electron chi connectivity index (χ2n) is 7.68. The van der Waals surface area contributed by atoms with Gasteiger partial charge in [0.25, 0.3) is 5.56 Å². The van der Waals surface area contributed by atoms with Gasteiger partial charge in [0, 0.05) is 23.6 Å². The highest BCUT2D eigenvalue weighted by Crippen LogP contribution is 2.44. The predicted octanol–water partition coefficient (Wildman–Crippen LogP) is 6.05. The predicted molar refractivity (Wildman–Crippen MR) is 128 cm³/mol. The summed E-state index contributed by atoms with van der Waals surface area (Å²) in [5.41, 5.74) is 2.42. The van der Waals surface area contributed by atoms with Crippen LogP contribution in [0.25, 0.3) is 48.8 Å². The molecule has 3 aromatic carbocycles. The third-order valence-electron chi connectivity index (χ3n) is 5.83. The number of H-pyrrole nitrogens is 1. The molecule has 0 spiro atoms. The maximum Gasteiger partial charge on any atom is 0.273 e. The molecule has 5 rings (SSSR count). The lowest BCUT2D eigenvalue weighted by atomic mass is 9.95. The van der Waals surface area contributed by atoms with Gasteiger partial charge in [-0.2, -0.15) is 10.2 Å². The highest BCUT2D eigenvalue weighted by molar-refractivity contribution is 6.36. The van der Waals surface area contributed by atoms with Crippen molar-refractivity contribution in [3.8, 4) is 22.4 Å². The lowest BCUT2D eigenvalue weighted by Gasteiger charge is -2.14. The van der Waals surface area contributed by atoms with Gasteiger partial charge < -0.3 is 0 Å². The number of hydrogen-bond donors (Lipinski definition) is 1. The van der Waals surface area contributed by atoms with Gasteiger partial charge in [-0.15, -0.1) is 0 Å². The summed E-state index contributed by atoms with van der Waals surface area (Å²) < 4.78 is 17.0. The molecule has 0 fully saturated rings. The third-order valence-corrected chi connectivity index (χ3v) is 6.13. The Balaban J connectivity index is 1.85. The second kappa shape index (κ2) is 7.84. The van der Waals surface area contributed by atoms with Gasteiger partial charge in [0.05, 0.1) is 34.6 Å². The van der Waals surface area contributed by atoms with Crippen molar-refractivity contribution in [1.29, 1.82) is 0 Å². The van der Waals surface area contributed by atoms with Crippen LogP contribution in [0.1, 0.15) is 12.6 Å². The fourth-order valence-corrected chi connectivity index (χ4v) is 4.61. The van der Waals surface area contributed by atoms with Gasteiger partial charge in [-0.25, -0.2) is 14.3 Å². The Labute approximate surface area is 193 Å². The largest absolute Gasteiger partial charge is 0.273 e. The van der Waals surface area contributed by atoms with E-state index in [4.69, 9.17) is 18.2 Å².